The molecule has 5 heterocycles. The molecule has 3 saturated heterocycles. The highest BCUT2D eigenvalue weighted by Gasteiger charge is 2.42. The fraction of sp³-hybridized carbons (Fsp3) is 0.684. The van der Waals surface area contributed by atoms with Gasteiger partial charge in [-0.3, -0.25) is 4.90 Å². The first-order valence-electron chi connectivity index (χ1n) is 10.0. The number of nitrogens with two attached hydrogens (primary N) is 1. The van der Waals surface area contributed by atoms with Crippen molar-refractivity contribution in [3.63, 3.8) is 0 Å². The first-order valence-corrected chi connectivity index (χ1v) is 10.0. The fourth-order valence-corrected chi connectivity index (χ4v) is 4.90. The number of nitrogens with zero attached hydrogens (tertiary/aromatic N) is 4. The van der Waals surface area contributed by atoms with E-state index in [4.69, 9.17) is 15.2 Å². The number of hydrogen-bond acceptors (Lipinski definition) is 7. The molecule has 0 bridgehead atoms. The molecule has 3 aliphatic rings. The van der Waals surface area contributed by atoms with Gasteiger partial charge in [0.05, 0.1) is 24.7 Å². The van der Waals surface area contributed by atoms with Gasteiger partial charge in [0.25, 0.3) is 0 Å². The van der Waals surface area contributed by atoms with Gasteiger partial charge in [0, 0.05) is 24.8 Å². The molecule has 0 saturated carbocycles. The van der Waals surface area contributed by atoms with E-state index in [1.165, 1.54) is 6.33 Å². The number of hydrogen-bond donors (Lipinski definition) is 2. The quantitative estimate of drug-likeness (QED) is 0.835. The van der Waals surface area contributed by atoms with Crippen LogP contribution in [0.15, 0.2) is 18.6 Å². The SMILES string of the molecule is Nc1ncnc2c1ccn2C1CC[C@@H](CN2CCOCC23CCNCC3)O1. The van der Waals surface area contributed by atoms with Crippen molar-refractivity contribution in [3.8, 4) is 0 Å². The molecule has 1 spiro atoms. The Balaban J connectivity index is 1.29. The van der Waals surface area contributed by atoms with Gasteiger partial charge in [-0.25, -0.2) is 9.97 Å². The summed E-state index contributed by atoms with van der Waals surface area (Å²) in [5, 5.41) is 4.37. The third-order valence-electron chi connectivity index (χ3n) is 6.44. The molecule has 3 aliphatic heterocycles. The van der Waals surface area contributed by atoms with E-state index in [1.807, 2.05) is 12.3 Å². The Morgan fingerprint density at radius 1 is 1.26 bits per heavy atom. The predicted molar refractivity (Wildman–Crippen MR) is 102 cm³/mol. The average Bonchev–Trinajstić information content (AvgIpc) is 3.32. The molecule has 2 atom stereocenters. The van der Waals surface area contributed by atoms with Crippen LogP contribution in [0.3, 0.4) is 0 Å². The van der Waals surface area contributed by atoms with Crippen LogP contribution in [0.5, 0.6) is 0 Å². The number of piperidine rings is 1. The van der Waals surface area contributed by atoms with E-state index in [0.29, 0.717) is 5.82 Å². The lowest BCUT2D eigenvalue weighted by Gasteiger charge is -2.50. The Morgan fingerprint density at radius 3 is 3.04 bits per heavy atom. The number of ether oxygens (including phenoxy) is 2. The summed E-state index contributed by atoms with van der Waals surface area (Å²) in [7, 11) is 0. The Bertz CT molecular complexity index is 794. The van der Waals surface area contributed by atoms with Crippen molar-refractivity contribution in [2.45, 2.75) is 43.6 Å². The van der Waals surface area contributed by atoms with Crippen LogP contribution in [0.4, 0.5) is 5.82 Å². The lowest BCUT2D eigenvalue weighted by atomic mass is 9.86. The van der Waals surface area contributed by atoms with E-state index in [9.17, 15) is 0 Å². The smallest absolute Gasteiger partial charge is 0.147 e. The molecular weight excluding hydrogens is 344 g/mol. The molecule has 3 N–H and O–H groups in total. The van der Waals surface area contributed by atoms with Crippen molar-refractivity contribution in [1.29, 1.82) is 0 Å². The number of nitrogen functional groups attached to an aromatic ring is 1. The first kappa shape index (κ1) is 17.4. The summed E-state index contributed by atoms with van der Waals surface area (Å²) in [5.41, 5.74) is 7.01. The summed E-state index contributed by atoms with van der Waals surface area (Å²) in [6.45, 7) is 5.80. The van der Waals surface area contributed by atoms with Gasteiger partial charge in [0.2, 0.25) is 0 Å². The zero-order chi connectivity index (χ0) is 18.3. The molecule has 0 aliphatic carbocycles. The lowest BCUT2D eigenvalue weighted by molar-refractivity contribution is -0.105. The second kappa shape index (κ2) is 7.01. The normalized spacial score (nSPS) is 28.9. The zero-order valence-electron chi connectivity index (χ0n) is 15.6. The van der Waals surface area contributed by atoms with Gasteiger partial charge in [-0.2, -0.15) is 0 Å². The van der Waals surface area contributed by atoms with E-state index >= 15 is 0 Å². The van der Waals surface area contributed by atoms with Crippen LogP contribution < -0.4 is 11.1 Å². The number of fused-ring (bicyclic) bond motifs is 1. The van der Waals surface area contributed by atoms with E-state index < -0.39 is 0 Å². The summed E-state index contributed by atoms with van der Waals surface area (Å²) in [6, 6.07) is 1.98. The minimum absolute atomic E-state index is 0.0202. The van der Waals surface area contributed by atoms with Crippen LogP contribution in [0.2, 0.25) is 0 Å². The Morgan fingerprint density at radius 2 is 2.15 bits per heavy atom. The molecule has 2 aromatic heterocycles. The van der Waals surface area contributed by atoms with Crippen LogP contribution in [0, 0.1) is 0 Å². The highest BCUT2D eigenvalue weighted by atomic mass is 16.5. The molecule has 27 heavy (non-hydrogen) atoms. The Labute approximate surface area is 159 Å². The maximum absolute atomic E-state index is 6.45. The van der Waals surface area contributed by atoms with Gasteiger partial charge >= 0.3 is 0 Å². The van der Waals surface area contributed by atoms with Crippen LogP contribution in [-0.4, -0.2) is 70.5 Å². The molecule has 0 aromatic carbocycles. The van der Waals surface area contributed by atoms with Gasteiger partial charge < -0.3 is 25.1 Å². The maximum Gasteiger partial charge on any atom is 0.147 e. The molecule has 0 amide bonds. The number of aromatic nitrogens is 3. The summed E-state index contributed by atoms with van der Waals surface area (Å²) >= 11 is 0. The Hall–Kier alpha value is -1.74. The molecule has 3 fully saturated rings. The third kappa shape index (κ3) is 3.10. The monoisotopic (exact) mass is 372 g/mol. The molecule has 146 valence electrons. The van der Waals surface area contributed by atoms with Crippen LogP contribution >= 0.6 is 0 Å². The van der Waals surface area contributed by atoms with E-state index in [0.717, 1.165) is 76.1 Å². The van der Waals surface area contributed by atoms with Gasteiger partial charge in [-0.1, -0.05) is 0 Å². The van der Waals surface area contributed by atoms with Crippen LogP contribution in [0.25, 0.3) is 11.0 Å². The summed E-state index contributed by atoms with van der Waals surface area (Å²) in [4.78, 5) is 11.1. The van der Waals surface area contributed by atoms with Gasteiger partial charge in [0.15, 0.2) is 0 Å². The molecular formula is C19H28N6O2. The first-order chi connectivity index (χ1) is 13.3. The molecule has 8 nitrogen and oxygen atoms in total. The topological polar surface area (TPSA) is 90.5 Å². The second-order valence-corrected chi connectivity index (χ2v) is 7.98. The minimum Gasteiger partial charge on any atom is -0.383 e. The van der Waals surface area contributed by atoms with Gasteiger partial charge in [-0.15, -0.1) is 0 Å². The van der Waals surface area contributed by atoms with E-state index in [1.54, 1.807) is 0 Å². The van der Waals surface area contributed by atoms with Crippen molar-refractivity contribution < 1.29 is 9.47 Å². The maximum atomic E-state index is 6.45. The summed E-state index contributed by atoms with van der Waals surface area (Å²) in [6.07, 6.45) is 8.18. The standard InChI is InChI=1S/C19H28N6O2/c20-17-15-3-8-25(18(15)23-13-22-17)16-2-1-14(27-16)11-24-9-10-26-12-19(24)4-6-21-7-5-19/h3,8,13-14,16,21H,1-2,4-7,9-12H2,(H2,20,22,23)/t14-,16?/m0/s1. The van der Waals surface area contributed by atoms with Crippen molar-refractivity contribution in [3.05, 3.63) is 18.6 Å². The fourth-order valence-electron chi connectivity index (χ4n) is 4.90. The zero-order valence-corrected chi connectivity index (χ0v) is 15.6. The lowest BCUT2D eigenvalue weighted by Crippen LogP contribution is -2.62. The predicted octanol–water partition coefficient (Wildman–Crippen LogP) is 1.15. The average molecular weight is 372 g/mol. The van der Waals surface area contributed by atoms with Gasteiger partial charge in [0.1, 0.15) is 24.0 Å². The third-order valence-corrected chi connectivity index (χ3v) is 6.44. The number of nitrogens with one attached hydrogen (secondary N) is 1. The van der Waals surface area contributed by atoms with Crippen molar-refractivity contribution in [1.82, 2.24) is 24.8 Å². The molecule has 2 aromatic rings. The van der Waals surface area contributed by atoms with Crippen molar-refractivity contribution in [2.75, 3.05) is 45.1 Å². The van der Waals surface area contributed by atoms with Gasteiger partial charge in [-0.05, 0) is 44.8 Å². The van der Waals surface area contributed by atoms with E-state index in [-0.39, 0.29) is 17.9 Å². The van der Waals surface area contributed by atoms with Crippen molar-refractivity contribution >= 4 is 16.9 Å². The van der Waals surface area contributed by atoms with Crippen LogP contribution in [-0.2, 0) is 9.47 Å². The number of morpholine rings is 1. The number of rotatable bonds is 3. The molecule has 0 radical (unpaired) electrons. The number of anilines is 1. The minimum atomic E-state index is 0.0202. The molecule has 5 rings (SSSR count). The summed E-state index contributed by atoms with van der Waals surface area (Å²) < 4.78 is 14.4. The second-order valence-electron chi connectivity index (χ2n) is 7.98. The van der Waals surface area contributed by atoms with E-state index in [2.05, 4.69) is 24.8 Å². The van der Waals surface area contributed by atoms with Crippen LogP contribution in [0.1, 0.15) is 31.9 Å². The van der Waals surface area contributed by atoms with Crippen molar-refractivity contribution in [2.24, 2.45) is 0 Å². The molecule has 1 unspecified atom stereocenters. The summed E-state index contributed by atoms with van der Waals surface area (Å²) in [5.74, 6) is 0.523. The Kier molecular flexibility index (Phi) is 4.51. The largest absolute Gasteiger partial charge is 0.383 e. The highest BCUT2D eigenvalue weighted by molar-refractivity contribution is 5.86. The highest BCUT2D eigenvalue weighted by Crippen LogP contribution is 2.35. The molecule has 8 heteroatoms.